The third kappa shape index (κ3) is 5.10. The first-order chi connectivity index (χ1) is 16.4. The summed E-state index contributed by atoms with van der Waals surface area (Å²) in [6.45, 7) is 7.59. The molecule has 0 unspecified atom stereocenters. The van der Waals surface area contributed by atoms with E-state index in [2.05, 4.69) is 4.98 Å². The van der Waals surface area contributed by atoms with Crippen molar-refractivity contribution >= 4 is 27.6 Å². The molecule has 182 valence electrons. The Morgan fingerprint density at radius 3 is 2.49 bits per heavy atom. The van der Waals surface area contributed by atoms with Crippen molar-refractivity contribution in [2.24, 2.45) is 0 Å². The van der Waals surface area contributed by atoms with Crippen molar-refractivity contribution in [2.75, 3.05) is 6.61 Å². The predicted octanol–water partition coefficient (Wildman–Crippen LogP) is 5.98. The minimum Gasteiger partial charge on any atom is -0.493 e. The Balaban J connectivity index is 0.000000527. The van der Waals surface area contributed by atoms with Gasteiger partial charge in [-0.15, -0.1) is 0 Å². The van der Waals surface area contributed by atoms with Crippen LogP contribution in [0.2, 0.25) is 0 Å². The van der Waals surface area contributed by atoms with Gasteiger partial charge < -0.3 is 14.9 Å². The van der Waals surface area contributed by atoms with Gasteiger partial charge in [-0.25, -0.2) is 8.78 Å². The molecule has 0 fully saturated rings. The maximum atomic E-state index is 14.2. The predicted molar refractivity (Wildman–Crippen MR) is 132 cm³/mol. The van der Waals surface area contributed by atoms with Gasteiger partial charge in [0.1, 0.15) is 5.75 Å². The number of fused-ring (bicyclic) bond motifs is 1. The Bertz CT molecular complexity index is 1440. The van der Waals surface area contributed by atoms with Crippen LogP contribution in [0.3, 0.4) is 0 Å². The lowest BCUT2D eigenvalue weighted by atomic mass is 9.86. The molecule has 35 heavy (non-hydrogen) atoms. The van der Waals surface area contributed by atoms with Gasteiger partial charge in [-0.2, -0.15) is 0 Å². The molecule has 2 heterocycles. The molecule has 5 nitrogen and oxygen atoms in total. The second kappa shape index (κ2) is 9.23. The average molecular weight is 480 g/mol. The Morgan fingerprint density at radius 1 is 1.11 bits per heavy atom. The number of benzene rings is 3. The molecule has 0 saturated carbocycles. The number of halogens is 2. The molecule has 0 saturated heterocycles. The fourth-order valence-electron chi connectivity index (χ4n) is 4.37. The molecule has 1 aliphatic rings. The van der Waals surface area contributed by atoms with Crippen LogP contribution in [0.5, 0.6) is 5.75 Å². The Kier molecular flexibility index (Phi) is 6.47. The molecule has 0 aliphatic carbocycles. The summed E-state index contributed by atoms with van der Waals surface area (Å²) < 4.78 is 33.9. The molecule has 4 aromatic rings. The van der Waals surface area contributed by atoms with Crippen LogP contribution >= 0.6 is 0 Å². The number of aliphatic carboxylic acids is 1. The second-order valence-corrected chi connectivity index (χ2v) is 9.68. The van der Waals surface area contributed by atoms with Gasteiger partial charge in [-0.05, 0) is 91.1 Å². The second-order valence-electron chi connectivity index (χ2n) is 9.68. The van der Waals surface area contributed by atoms with Crippen molar-refractivity contribution in [3.63, 3.8) is 0 Å². The van der Waals surface area contributed by atoms with Crippen LogP contribution in [0.1, 0.15) is 37.5 Å². The fourth-order valence-corrected chi connectivity index (χ4v) is 4.37. The van der Waals surface area contributed by atoms with Crippen LogP contribution in [0, 0.1) is 18.6 Å². The van der Waals surface area contributed by atoms with Gasteiger partial charge in [0, 0.05) is 23.6 Å². The van der Waals surface area contributed by atoms with Crippen molar-refractivity contribution in [2.45, 2.75) is 46.1 Å². The minimum absolute atomic E-state index is 0.241. The number of nitrogens with zero attached hydrogens (tertiary/aromatic N) is 1. The third-order valence-electron chi connectivity index (χ3n) is 5.68. The van der Waals surface area contributed by atoms with E-state index >= 15 is 0 Å². The number of carboxylic acid groups (broad SMARTS) is 1. The molecule has 5 rings (SSSR count). The number of carboxylic acids is 1. The van der Waals surface area contributed by atoms with Crippen LogP contribution in [-0.2, 0) is 17.6 Å². The highest BCUT2D eigenvalue weighted by Gasteiger charge is 2.23. The first-order valence-electron chi connectivity index (χ1n) is 11.3. The zero-order valence-corrected chi connectivity index (χ0v) is 20.1. The van der Waals surface area contributed by atoms with Gasteiger partial charge in [0.25, 0.3) is 0 Å². The topological polar surface area (TPSA) is 79.7 Å². The molecule has 0 spiro atoms. The number of aromatic nitrogens is 1. The summed E-state index contributed by atoms with van der Waals surface area (Å²) in [5.41, 5.74) is 3.75. The molecule has 0 atom stereocenters. The van der Waals surface area contributed by atoms with Crippen molar-refractivity contribution in [1.82, 2.24) is 4.98 Å². The quantitative estimate of drug-likeness (QED) is 0.378. The van der Waals surface area contributed by atoms with Gasteiger partial charge in [-0.1, -0.05) is 6.07 Å². The number of hydrogen-bond donors (Lipinski definition) is 2. The molecule has 2 N–H and O–H groups in total. The Labute approximate surface area is 202 Å². The van der Waals surface area contributed by atoms with Crippen molar-refractivity contribution in [1.29, 1.82) is 0 Å². The maximum absolute atomic E-state index is 14.2. The van der Waals surface area contributed by atoms with Gasteiger partial charge >= 0.3 is 5.97 Å². The van der Waals surface area contributed by atoms with Crippen LogP contribution in [-0.4, -0.2) is 33.4 Å². The van der Waals surface area contributed by atoms with Crippen molar-refractivity contribution < 1.29 is 28.5 Å². The van der Waals surface area contributed by atoms with E-state index in [1.807, 2.05) is 18.2 Å². The van der Waals surface area contributed by atoms with E-state index in [4.69, 9.17) is 9.84 Å². The summed E-state index contributed by atoms with van der Waals surface area (Å²) >= 11 is 0. The highest BCUT2D eigenvalue weighted by Crippen LogP contribution is 2.42. The summed E-state index contributed by atoms with van der Waals surface area (Å²) in [7, 11) is 0. The number of carbonyl (C=O) groups is 1. The zero-order chi connectivity index (χ0) is 25.5. The molecule has 7 heteroatoms. The standard InChI is InChI=1S/C24H17F2NO3.C4H10O/c1-12-8-14-9-18(25)19(26)10-17(14)23(16(12)11-21(28)29)15-2-3-20-22-13(5-7-30-20)4-6-27-24(15)22;1-4(2,3)5/h2-4,6,8-10H,5,7,11H2,1H3,(H,28,29);5H,1-3H3. The zero-order valence-electron chi connectivity index (χ0n) is 20.1. The number of ether oxygens (including phenoxy) is 1. The smallest absolute Gasteiger partial charge is 0.307 e. The van der Waals surface area contributed by atoms with E-state index in [1.54, 1.807) is 40.0 Å². The highest BCUT2D eigenvalue weighted by atomic mass is 19.2. The summed E-state index contributed by atoms with van der Waals surface area (Å²) in [4.78, 5) is 16.2. The van der Waals surface area contributed by atoms with Gasteiger partial charge in [0.05, 0.1) is 24.1 Å². The first kappa shape index (κ1) is 24.5. The van der Waals surface area contributed by atoms with Gasteiger partial charge in [0.15, 0.2) is 11.6 Å². The summed E-state index contributed by atoms with van der Waals surface area (Å²) in [5, 5.41) is 19.9. The van der Waals surface area contributed by atoms with Crippen molar-refractivity contribution in [3.05, 3.63) is 70.9 Å². The number of aliphatic hydroxyl groups is 1. The molecular formula is C28H27F2NO4. The molecule has 1 aliphatic heterocycles. The van der Waals surface area contributed by atoms with Crippen molar-refractivity contribution in [3.8, 4) is 16.9 Å². The summed E-state index contributed by atoms with van der Waals surface area (Å²) in [6.07, 6.45) is 2.22. The van der Waals surface area contributed by atoms with E-state index in [1.165, 1.54) is 0 Å². The number of aryl methyl sites for hydroxylation is 1. The fraction of sp³-hybridized carbons (Fsp3) is 0.286. The molecule has 0 bridgehead atoms. The Morgan fingerprint density at radius 2 is 1.80 bits per heavy atom. The lowest BCUT2D eigenvalue weighted by Crippen LogP contribution is -2.10. The molecule has 1 aromatic heterocycles. The number of rotatable bonds is 3. The molecule has 0 amide bonds. The maximum Gasteiger partial charge on any atom is 0.307 e. The minimum atomic E-state index is -1.000. The van der Waals surface area contributed by atoms with Crippen LogP contribution in [0.25, 0.3) is 32.8 Å². The van der Waals surface area contributed by atoms with E-state index < -0.39 is 23.2 Å². The van der Waals surface area contributed by atoms with Gasteiger partial charge in [-0.3, -0.25) is 9.78 Å². The van der Waals surface area contributed by atoms with Gasteiger partial charge in [0.2, 0.25) is 0 Å². The normalized spacial score (nSPS) is 12.8. The van der Waals surface area contributed by atoms with Crippen LogP contribution < -0.4 is 4.74 Å². The molecule has 0 radical (unpaired) electrons. The molecule has 3 aromatic carbocycles. The number of hydrogen-bond acceptors (Lipinski definition) is 4. The van der Waals surface area contributed by atoms with E-state index in [0.29, 0.717) is 45.1 Å². The third-order valence-corrected chi connectivity index (χ3v) is 5.68. The lowest BCUT2D eigenvalue weighted by Gasteiger charge is -2.21. The monoisotopic (exact) mass is 479 g/mol. The highest BCUT2D eigenvalue weighted by molar-refractivity contribution is 6.08. The largest absolute Gasteiger partial charge is 0.493 e. The summed E-state index contributed by atoms with van der Waals surface area (Å²) in [6, 6.07) is 9.58. The number of pyridine rings is 1. The molecular weight excluding hydrogens is 452 g/mol. The van der Waals surface area contributed by atoms with Crippen LogP contribution in [0.4, 0.5) is 8.78 Å². The van der Waals surface area contributed by atoms with Crippen LogP contribution in [0.15, 0.2) is 42.6 Å². The SMILES string of the molecule is CC(C)(C)O.Cc1cc2cc(F)c(F)cc2c(-c2ccc3c4c(ccnc24)CCO3)c1CC(=O)O. The van der Waals surface area contributed by atoms with E-state index in [9.17, 15) is 18.7 Å². The van der Waals surface area contributed by atoms with E-state index in [-0.39, 0.29) is 6.42 Å². The van der Waals surface area contributed by atoms with E-state index in [0.717, 1.165) is 35.3 Å². The lowest BCUT2D eigenvalue weighted by molar-refractivity contribution is -0.136. The summed E-state index contributed by atoms with van der Waals surface area (Å²) in [5.74, 6) is -2.20. The first-order valence-corrected chi connectivity index (χ1v) is 11.3. The Hall–Kier alpha value is -3.58. The average Bonchev–Trinajstić information content (AvgIpc) is 2.76.